The first-order valence-electron chi connectivity index (χ1n) is 7.73. The van der Waals surface area contributed by atoms with Gasteiger partial charge in [0.2, 0.25) is 11.3 Å². The van der Waals surface area contributed by atoms with E-state index in [0.29, 0.717) is 11.5 Å². The molecular weight excluding hydrogens is 337 g/mol. The molecule has 0 N–H and O–H groups in total. The van der Waals surface area contributed by atoms with Crippen LogP contribution in [0, 0.1) is 12.9 Å². The number of benzene rings is 1. The summed E-state index contributed by atoms with van der Waals surface area (Å²) in [4.78, 5) is 24.3. The maximum atomic E-state index is 13.3. The minimum atomic E-state index is -0.684. The van der Waals surface area contributed by atoms with Gasteiger partial charge >= 0.3 is 0 Å². The zero-order chi connectivity index (χ0) is 18.4. The number of aromatic nitrogens is 2. The Morgan fingerprint density at radius 1 is 0.923 bits per heavy atom. The normalized spacial score (nSPS) is 10.4. The van der Waals surface area contributed by atoms with E-state index in [9.17, 15) is 4.39 Å². The van der Waals surface area contributed by atoms with Crippen LogP contribution < -0.4 is 14.5 Å². The highest BCUT2D eigenvalue weighted by Gasteiger charge is 2.14. The highest BCUT2D eigenvalue weighted by Crippen LogP contribution is 2.20. The molecule has 0 amide bonds. The molecule has 0 unspecified atom stereocenters. The Hall–Kier alpha value is -3.45. The van der Waals surface area contributed by atoms with Gasteiger partial charge in [0.1, 0.15) is 0 Å². The van der Waals surface area contributed by atoms with Crippen molar-refractivity contribution in [3.63, 3.8) is 0 Å². The van der Waals surface area contributed by atoms with E-state index >= 15 is 0 Å². The molecule has 26 heavy (non-hydrogen) atoms. The second-order valence-corrected chi connectivity index (χ2v) is 5.22. The van der Waals surface area contributed by atoms with Gasteiger partial charge in [0.25, 0.3) is 0 Å². The summed E-state index contributed by atoms with van der Waals surface area (Å²) in [5, 5.41) is 0.783. The molecule has 0 aliphatic rings. The molecule has 7 heteroatoms. The quantitative estimate of drug-likeness (QED) is 0.470. The first-order valence-corrected chi connectivity index (χ1v) is 7.73. The molecule has 6 nitrogen and oxygen atoms in total. The molecule has 0 saturated carbocycles. The monoisotopic (exact) mass is 353 g/mol. The van der Waals surface area contributed by atoms with Crippen molar-refractivity contribution in [1.82, 2.24) is 15.4 Å². The second-order valence-electron chi connectivity index (χ2n) is 5.22. The first kappa shape index (κ1) is 17.4. The zero-order valence-electron chi connectivity index (χ0n) is 14.0. The minimum Gasteiger partial charge on any atom is -0.339 e. The Morgan fingerprint density at radius 3 is 2.23 bits per heavy atom. The summed E-state index contributed by atoms with van der Waals surface area (Å²) in [6.07, 6.45) is 4.55. The Bertz CT molecular complexity index is 857. The molecular formula is C19H16FN3O3. The molecule has 0 radical (unpaired) electrons. The fraction of sp³-hybridized carbons (Fsp3) is 0.0526. The van der Waals surface area contributed by atoms with Gasteiger partial charge in [-0.1, -0.05) is 24.8 Å². The van der Waals surface area contributed by atoms with Crippen LogP contribution in [-0.2, 0) is 0 Å². The Labute approximate surface area is 150 Å². The maximum absolute atomic E-state index is 13.3. The predicted octanol–water partition coefficient (Wildman–Crippen LogP) is 4.15. The lowest BCUT2D eigenvalue weighted by Crippen LogP contribution is -2.34. The van der Waals surface area contributed by atoms with Gasteiger partial charge in [-0.15, -0.1) is 0 Å². The van der Waals surface area contributed by atoms with Crippen LogP contribution in [0.5, 0.6) is 17.2 Å². The Balaban J connectivity index is 1.83. The van der Waals surface area contributed by atoms with Crippen LogP contribution in [-0.4, -0.2) is 15.4 Å². The SMILES string of the molecule is C=Cc1cccc(ON(Oc2ccnc(C)c2)Oc2ccnc(F)c2)c1. The number of hydrogen-bond donors (Lipinski definition) is 0. The van der Waals surface area contributed by atoms with Crippen LogP contribution in [0.15, 0.2) is 67.5 Å². The lowest BCUT2D eigenvalue weighted by atomic mass is 10.2. The molecule has 3 aromatic rings. The predicted molar refractivity (Wildman–Crippen MR) is 93.4 cm³/mol. The largest absolute Gasteiger partial charge is 0.339 e. The van der Waals surface area contributed by atoms with Gasteiger partial charge in [-0.25, -0.2) is 4.98 Å². The van der Waals surface area contributed by atoms with Crippen molar-refractivity contribution in [3.8, 4) is 17.2 Å². The summed E-state index contributed by atoms with van der Waals surface area (Å²) >= 11 is 0. The van der Waals surface area contributed by atoms with Gasteiger partial charge in [-0.05, 0) is 24.6 Å². The Kier molecular flexibility index (Phi) is 5.40. The van der Waals surface area contributed by atoms with Crippen molar-refractivity contribution in [2.75, 3.05) is 0 Å². The number of pyridine rings is 2. The summed E-state index contributed by atoms with van der Waals surface area (Å²) in [5.41, 5.74) is 1.61. The van der Waals surface area contributed by atoms with E-state index in [4.69, 9.17) is 14.5 Å². The van der Waals surface area contributed by atoms with Gasteiger partial charge in [0.05, 0.1) is 0 Å². The van der Waals surface area contributed by atoms with Crippen LogP contribution in [0.3, 0.4) is 0 Å². The van der Waals surface area contributed by atoms with Crippen molar-refractivity contribution in [2.24, 2.45) is 0 Å². The molecule has 0 aliphatic heterocycles. The van der Waals surface area contributed by atoms with Crippen LogP contribution in [0.1, 0.15) is 11.3 Å². The zero-order valence-corrected chi connectivity index (χ0v) is 14.0. The summed E-state index contributed by atoms with van der Waals surface area (Å²) in [6, 6.07) is 13.1. The first-order chi connectivity index (χ1) is 12.6. The van der Waals surface area contributed by atoms with Crippen molar-refractivity contribution in [2.45, 2.75) is 6.92 Å². The fourth-order valence-electron chi connectivity index (χ4n) is 2.03. The highest BCUT2D eigenvalue weighted by atomic mass is 19.1. The number of halogens is 1. The molecule has 1 aromatic carbocycles. The van der Waals surface area contributed by atoms with E-state index in [1.807, 2.05) is 13.0 Å². The third-order valence-corrected chi connectivity index (χ3v) is 3.20. The van der Waals surface area contributed by atoms with Gasteiger partial charge in [-0.3, -0.25) is 4.98 Å². The number of hydrogen-bond acceptors (Lipinski definition) is 6. The average molecular weight is 353 g/mol. The van der Waals surface area contributed by atoms with Crippen LogP contribution in [0.25, 0.3) is 6.08 Å². The van der Waals surface area contributed by atoms with Crippen molar-refractivity contribution in [1.29, 1.82) is 0 Å². The lowest BCUT2D eigenvalue weighted by Gasteiger charge is -2.20. The molecule has 132 valence electrons. The third-order valence-electron chi connectivity index (χ3n) is 3.20. The van der Waals surface area contributed by atoms with Gasteiger partial charge < -0.3 is 14.5 Å². The number of aryl methyl sites for hydroxylation is 1. The van der Waals surface area contributed by atoms with Gasteiger partial charge in [0, 0.05) is 42.4 Å². The minimum absolute atomic E-state index is 0.156. The fourth-order valence-corrected chi connectivity index (χ4v) is 2.03. The van der Waals surface area contributed by atoms with Gasteiger partial charge in [0.15, 0.2) is 17.2 Å². The topological polar surface area (TPSA) is 56.7 Å². The summed E-state index contributed by atoms with van der Waals surface area (Å²) in [5.74, 6) is 0.355. The van der Waals surface area contributed by atoms with Crippen LogP contribution in [0.4, 0.5) is 4.39 Å². The van der Waals surface area contributed by atoms with Crippen molar-refractivity contribution >= 4 is 6.08 Å². The summed E-state index contributed by atoms with van der Waals surface area (Å²) in [7, 11) is 0. The number of rotatable bonds is 7. The molecule has 2 aromatic heterocycles. The molecule has 0 fully saturated rings. The van der Waals surface area contributed by atoms with Gasteiger partial charge in [-0.2, -0.15) is 4.39 Å². The van der Waals surface area contributed by atoms with E-state index in [-0.39, 0.29) is 5.75 Å². The molecule has 3 rings (SSSR count). The molecule has 0 bridgehead atoms. The average Bonchev–Trinajstić information content (AvgIpc) is 2.62. The van der Waals surface area contributed by atoms with E-state index in [1.54, 1.807) is 42.6 Å². The Morgan fingerprint density at radius 2 is 1.58 bits per heavy atom. The van der Waals surface area contributed by atoms with Crippen LogP contribution >= 0.6 is 0 Å². The number of nitrogens with zero attached hydrogens (tertiary/aromatic N) is 3. The van der Waals surface area contributed by atoms with E-state index in [2.05, 4.69) is 16.5 Å². The van der Waals surface area contributed by atoms with Crippen molar-refractivity contribution < 1.29 is 18.9 Å². The standard InChI is InChI=1S/C19H16FN3O3/c1-3-15-5-4-6-16(12-15)24-23(25-17-7-9-21-14(2)11-17)26-18-8-10-22-19(20)13-18/h3-13H,1H2,2H3. The smallest absolute Gasteiger partial charge is 0.234 e. The molecule has 0 spiro atoms. The summed E-state index contributed by atoms with van der Waals surface area (Å²) < 4.78 is 13.3. The van der Waals surface area contributed by atoms with E-state index < -0.39 is 5.95 Å². The molecule has 0 saturated heterocycles. The van der Waals surface area contributed by atoms with Crippen LogP contribution in [0.2, 0.25) is 0 Å². The van der Waals surface area contributed by atoms with Crippen molar-refractivity contribution in [3.05, 3.63) is 84.7 Å². The molecule has 2 heterocycles. The maximum Gasteiger partial charge on any atom is 0.234 e. The summed E-state index contributed by atoms with van der Waals surface area (Å²) in [6.45, 7) is 5.54. The third kappa shape index (κ3) is 4.78. The van der Waals surface area contributed by atoms with E-state index in [0.717, 1.165) is 22.7 Å². The second kappa shape index (κ2) is 8.09. The lowest BCUT2D eigenvalue weighted by molar-refractivity contribution is -0.408. The molecule has 0 atom stereocenters. The van der Waals surface area contributed by atoms with E-state index in [1.165, 1.54) is 12.3 Å². The molecule has 0 aliphatic carbocycles. The highest BCUT2D eigenvalue weighted by molar-refractivity contribution is 5.49.